The van der Waals surface area contributed by atoms with E-state index in [1.165, 1.54) is 5.56 Å². The number of ether oxygens (including phenoxy) is 2. The fourth-order valence-corrected chi connectivity index (χ4v) is 3.44. The summed E-state index contributed by atoms with van der Waals surface area (Å²) in [6.45, 7) is 3.34. The maximum atomic E-state index is 5.50. The standard InChI is InChI=1S/C22H26N4O3/c1-2-16(17-9-10-18-19(13-17)28-15-27-18)14-22-25-21(26-29-22)8-4-6-12-24-20-7-3-5-11-23-20/h3,5,7,9-11,13,16H,2,4,6,8,12,14-15H2,1H3,(H,23,24). The lowest BCUT2D eigenvalue weighted by Crippen LogP contribution is -2.04. The second kappa shape index (κ2) is 9.41. The molecule has 3 aromatic rings. The number of aromatic nitrogens is 3. The molecule has 1 unspecified atom stereocenters. The van der Waals surface area contributed by atoms with Gasteiger partial charge in [0, 0.05) is 25.6 Å². The molecule has 0 aliphatic carbocycles. The number of anilines is 1. The van der Waals surface area contributed by atoms with Gasteiger partial charge in [-0.3, -0.25) is 0 Å². The number of nitrogens with one attached hydrogen (secondary N) is 1. The summed E-state index contributed by atoms with van der Waals surface area (Å²) in [5.74, 6) is 4.30. The SMILES string of the molecule is CCC(Cc1nc(CCCCNc2ccccn2)no1)c1ccc2c(c1)OCO2. The first kappa shape index (κ1) is 19.2. The lowest BCUT2D eigenvalue weighted by Gasteiger charge is -2.13. The summed E-state index contributed by atoms with van der Waals surface area (Å²) in [5, 5.41) is 7.46. The Morgan fingerprint density at radius 3 is 2.90 bits per heavy atom. The Morgan fingerprint density at radius 2 is 2.03 bits per heavy atom. The van der Waals surface area contributed by atoms with E-state index in [9.17, 15) is 0 Å². The second-order valence-electron chi connectivity index (χ2n) is 7.13. The van der Waals surface area contributed by atoms with Crippen LogP contribution in [0.2, 0.25) is 0 Å². The third-order valence-electron chi connectivity index (χ3n) is 5.09. The molecule has 152 valence electrons. The Morgan fingerprint density at radius 1 is 1.10 bits per heavy atom. The van der Waals surface area contributed by atoms with Gasteiger partial charge in [-0.1, -0.05) is 24.2 Å². The van der Waals surface area contributed by atoms with Crippen LogP contribution in [0, 0.1) is 0 Å². The number of unbranched alkanes of at least 4 members (excludes halogenated alkanes) is 1. The van der Waals surface area contributed by atoms with Crippen molar-refractivity contribution in [1.82, 2.24) is 15.1 Å². The number of hydrogen-bond acceptors (Lipinski definition) is 7. The van der Waals surface area contributed by atoms with Gasteiger partial charge in [0.2, 0.25) is 12.7 Å². The first-order chi connectivity index (χ1) is 14.3. The summed E-state index contributed by atoms with van der Waals surface area (Å²) < 4.78 is 16.4. The predicted molar refractivity (Wildman–Crippen MR) is 109 cm³/mol. The topological polar surface area (TPSA) is 82.3 Å². The largest absolute Gasteiger partial charge is 0.454 e. The van der Waals surface area contributed by atoms with Crippen molar-refractivity contribution in [3.63, 3.8) is 0 Å². The van der Waals surface area contributed by atoms with Crippen molar-refractivity contribution in [2.24, 2.45) is 0 Å². The molecule has 0 spiro atoms. The zero-order chi connectivity index (χ0) is 19.9. The zero-order valence-corrected chi connectivity index (χ0v) is 16.6. The number of rotatable bonds is 10. The fourth-order valence-electron chi connectivity index (χ4n) is 3.44. The second-order valence-corrected chi connectivity index (χ2v) is 7.13. The smallest absolute Gasteiger partial charge is 0.231 e. The van der Waals surface area contributed by atoms with E-state index in [1.807, 2.05) is 24.3 Å². The minimum atomic E-state index is 0.292. The molecule has 1 aliphatic rings. The van der Waals surface area contributed by atoms with Crippen molar-refractivity contribution in [1.29, 1.82) is 0 Å². The van der Waals surface area contributed by atoms with Gasteiger partial charge in [-0.2, -0.15) is 4.98 Å². The summed E-state index contributed by atoms with van der Waals surface area (Å²) in [6, 6.07) is 12.0. The van der Waals surface area contributed by atoms with Crippen molar-refractivity contribution < 1.29 is 14.0 Å². The highest BCUT2D eigenvalue weighted by atomic mass is 16.7. The summed E-state index contributed by atoms with van der Waals surface area (Å²) in [6.07, 6.45) is 6.33. The Labute approximate surface area is 170 Å². The Kier molecular flexibility index (Phi) is 6.24. The highest BCUT2D eigenvalue weighted by Gasteiger charge is 2.19. The third kappa shape index (κ3) is 5.04. The highest BCUT2D eigenvalue weighted by molar-refractivity contribution is 5.45. The number of nitrogens with zero attached hydrogens (tertiary/aromatic N) is 3. The van der Waals surface area contributed by atoms with Gasteiger partial charge in [-0.05, 0) is 55.0 Å². The van der Waals surface area contributed by atoms with Crippen LogP contribution < -0.4 is 14.8 Å². The zero-order valence-electron chi connectivity index (χ0n) is 16.6. The summed E-state index contributed by atoms with van der Waals surface area (Å²) >= 11 is 0. The third-order valence-corrected chi connectivity index (χ3v) is 5.09. The van der Waals surface area contributed by atoms with Crippen LogP contribution in [0.25, 0.3) is 0 Å². The van der Waals surface area contributed by atoms with Gasteiger partial charge in [-0.15, -0.1) is 0 Å². The molecule has 0 saturated carbocycles. The van der Waals surface area contributed by atoms with E-state index in [4.69, 9.17) is 14.0 Å². The van der Waals surface area contributed by atoms with Crippen LogP contribution in [0.4, 0.5) is 5.82 Å². The molecule has 7 heteroatoms. The van der Waals surface area contributed by atoms with E-state index in [1.54, 1.807) is 6.20 Å². The fraction of sp³-hybridized carbons (Fsp3) is 0.409. The van der Waals surface area contributed by atoms with E-state index in [2.05, 4.69) is 39.5 Å². The minimum Gasteiger partial charge on any atom is -0.454 e. The molecule has 1 aliphatic heterocycles. The molecule has 4 rings (SSSR count). The molecule has 1 atom stereocenters. The molecule has 2 aromatic heterocycles. The first-order valence-corrected chi connectivity index (χ1v) is 10.2. The van der Waals surface area contributed by atoms with E-state index in [0.29, 0.717) is 18.6 Å². The van der Waals surface area contributed by atoms with Gasteiger partial charge < -0.3 is 19.3 Å². The minimum absolute atomic E-state index is 0.292. The molecule has 0 fully saturated rings. The average Bonchev–Trinajstić information content (AvgIpc) is 3.41. The van der Waals surface area contributed by atoms with Crippen LogP contribution in [0.3, 0.4) is 0 Å². The molecule has 7 nitrogen and oxygen atoms in total. The molecular weight excluding hydrogens is 368 g/mol. The van der Waals surface area contributed by atoms with E-state index in [0.717, 1.165) is 61.8 Å². The lowest BCUT2D eigenvalue weighted by atomic mass is 9.93. The van der Waals surface area contributed by atoms with Gasteiger partial charge in [-0.25, -0.2) is 4.98 Å². The van der Waals surface area contributed by atoms with Crippen LogP contribution in [-0.2, 0) is 12.8 Å². The molecule has 3 heterocycles. The van der Waals surface area contributed by atoms with Crippen LogP contribution >= 0.6 is 0 Å². The molecule has 0 bridgehead atoms. The predicted octanol–water partition coefficient (Wildman–Crippen LogP) is 4.36. The van der Waals surface area contributed by atoms with Crippen molar-refractivity contribution in [3.8, 4) is 11.5 Å². The Balaban J connectivity index is 1.25. The van der Waals surface area contributed by atoms with Crippen LogP contribution in [0.15, 0.2) is 47.1 Å². The maximum Gasteiger partial charge on any atom is 0.231 e. The lowest BCUT2D eigenvalue weighted by molar-refractivity contribution is 0.174. The Bertz CT molecular complexity index is 913. The van der Waals surface area contributed by atoms with Crippen molar-refractivity contribution in [2.45, 2.75) is 44.9 Å². The van der Waals surface area contributed by atoms with Gasteiger partial charge >= 0.3 is 0 Å². The number of benzene rings is 1. The highest BCUT2D eigenvalue weighted by Crippen LogP contribution is 2.36. The van der Waals surface area contributed by atoms with Gasteiger partial charge in [0.15, 0.2) is 17.3 Å². The summed E-state index contributed by atoms with van der Waals surface area (Å²) in [5.41, 5.74) is 1.21. The normalized spacial score (nSPS) is 13.4. The monoisotopic (exact) mass is 394 g/mol. The maximum absolute atomic E-state index is 5.50. The quantitative estimate of drug-likeness (QED) is 0.511. The van der Waals surface area contributed by atoms with Crippen LogP contribution in [-0.4, -0.2) is 28.5 Å². The summed E-state index contributed by atoms with van der Waals surface area (Å²) in [7, 11) is 0. The van der Waals surface area contributed by atoms with Gasteiger partial charge in [0.25, 0.3) is 0 Å². The molecule has 1 N–H and O–H groups in total. The number of fused-ring (bicyclic) bond motifs is 1. The number of hydrogen-bond donors (Lipinski definition) is 1. The summed E-state index contributed by atoms with van der Waals surface area (Å²) in [4.78, 5) is 8.84. The van der Waals surface area contributed by atoms with Crippen molar-refractivity contribution in [3.05, 3.63) is 59.9 Å². The van der Waals surface area contributed by atoms with Crippen LogP contribution in [0.1, 0.15) is 49.4 Å². The van der Waals surface area contributed by atoms with Crippen molar-refractivity contribution in [2.75, 3.05) is 18.7 Å². The Hall–Kier alpha value is -3.09. The first-order valence-electron chi connectivity index (χ1n) is 10.2. The number of aryl methyl sites for hydroxylation is 1. The molecular formula is C22H26N4O3. The molecule has 1 aromatic carbocycles. The molecule has 29 heavy (non-hydrogen) atoms. The van der Waals surface area contributed by atoms with Crippen molar-refractivity contribution >= 4 is 5.82 Å². The van der Waals surface area contributed by atoms with E-state index in [-0.39, 0.29) is 0 Å². The molecule has 0 radical (unpaired) electrons. The van der Waals surface area contributed by atoms with Gasteiger partial charge in [0.1, 0.15) is 5.82 Å². The van der Waals surface area contributed by atoms with E-state index >= 15 is 0 Å². The van der Waals surface area contributed by atoms with Crippen LogP contribution in [0.5, 0.6) is 11.5 Å². The number of pyridine rings is 1. The molecule has 0 amide bonds. The van der Waals surface area contributed by atoms with Gasteiger partial charge in [0.05, 0.1) is 0 Å². The average molecular weight is 394 g/mol. The van der Waals surface area contributed by atoms with E-state index < -0.39 is 0 Å². The molecule has 0 saturated heterocycles.